The zero-order valence-electron chi connectivity index (χ0n) is 9.55. The molecule has 0 amide bonds. The zero-order valence-corrected chi connectivity index (χ0v) is 10.4. The summed E-state index contributed by atoms with van der Waals surface area (Å²) in [5.41, 5.74) is 6.51. The van der Waals surface area contributed by atoms with Crippen LogP contribution in [0.1, 0.15) is 19.4 Å². The molecule has 1 aromatic rings. The van der Waals surface area contributed by atoms with Gasteiger partial charge in [-0.1, -0.05) is 26.1 Å². The molecule has 1 fully saturated rings. The number of aromatic nitrogens is 2. The predicted molar refractivity (Wildman–Crippen MR) is 68.5 cm³/mol. The molecule has 86 valence electrons. The van der Waals surface area contributed by atoms with Gasteiger partial charge >= 0.3 is 0 Å². The van der Waals surface area contributed by atoms with Crippen molar-refractivity contribution in [2.75, 3.05) is 18.0 Å². The molecular formula is C11H16N4S. The molecule has 1 aliphatic heterocycles. The number of thiocarbonyl (C=S) groups is 1. The van der Waals surface area contributed by atoms with E-state index in [4.69, 9.17) is 18.0 Å². The highest BCUT2D eigenvalue weighted by Gasteiger charge is 2.28. The molecule has 0 saturated carbocycles. The third-order valence-corrected chi connectivity index (χ3v) is 3.47. The van der Waals surface area contributed by atoms with Crippen LogP contribution in [0.25, 0.3) is 0 Å². The first kappa shape index (κ1) is 11.3. The standard InChI is InChI=1S/C11H16N4S/c1-7-5-15(6-8(7)2)11-9(10(12)16)3-4-13-14-11/h3-4,7-8H,5-6H2,1-2H3,(H2,12,16). The third kappa shape index (κ3) is 2.00. The van der Waals surface area contributed by atoms with Crippen molar-refractivity contribution in [2.45, 2.75) is 13.8 Å². The van der Waals surface area contributed by atoms with Gasteiger partial charge in [0.25, 0.3) is 0 Å². The van der Waals surface area contributed by atoms with Gasteiger partial charge in [0, 0.05) is 13.1 Å². The van der Waals surface area contributed by atoms with E-state index < -0.39 is 0 Å². The fraction of sp³-hybridized carbons (Fsp3) is 0.545. The summed E-state index contributed by atoms with van der Waals surface area (Å²) in [7, 11) is 0. The number of nitrogens with zero attached hydrogens (tertiary/aromatic N) is 3. The molecule has 1 aromatic heterocycles. The molecule has 2 rings (SSSR count). The maximum Gasteiger partial charge on any atom is 0.161 e. The van der Waals surface area contributed by atoms with Crippen molar-refractivity contribution in [2.24, 2.45) is 17.6 Å². The number of nitrogens with two attached hydrogens (primary N) is 1. The summed E-state index contributed by atoms with van der Waals surface area (Å²) in [6.07, 6.45) is 1.63. The molecule has 0 aromatic carbocycles. The summed E-state index contributed by atoms with van der Waals surface area (Å²) in [6, 6.07) is 1.83. The first-order valence-corrected chi connectivity index (χ1v) is 5.87. The second-order valence-corrected chi connectivity index (χ2v) is 4.93. The Kier molecular flexibility index (Phi) is 3.05. The number of hydrogen-bond donors (Lipinski definition) is 1. The van der Waals surface area contributed by atoms with Gasteiger partial charge in [-0.15, -0.1) is 5.10 Å². The van der Waals surface area contributed by atoms with Crippen LogP contribution in [-0.2, 0) is 0 Å². The van der Waals surface area contributed by atoms with E-state index in [1.165, 1.54) is 0 Å². The van der Waals surface area contributed by atoms with Crippen LogP contribution in [0.15, 0.2) is 12.3 Å². The molecule has 5 heteroatoms. The Morgan fingerprint density at radius 3 is 2.62 bits per heavy atom. The smallest absolute Gasteiger partial charge is 0.161 e. The van der Waals surface area contributed by atoms with E-state index in [1.54, 1.807) is 6.20 Å². The zero-order chi connectivity index (χ0) is 11.7. The molecule has 2 atom stereocenters. The van der Waals surface area contributed by atoms with Gasteiger partial charge < -0.3 is 10.6 Å². The van der Waals surface area contributed by atoms with Gasteiger partial charge in [0.1, 0.15) is 4.99 Å². The molecule has 2 unspecified atom stereocenters. The van der Waals surface area contributed by atoms with Crippen molar-refractivity contribution in [1.29, 1.82) is 0 Å². The van der Waals surface area contributed by atoms with Crippen molar-refractivity contribution in [3.8, 4) is 0 Å². The van der Waals surface area contributed by atoms with Crippen LogP contribution in [0, 0.1) is 11.8 Å². The van der Waals surface area contributed by atoms with Crippen LogP contribution in [0.2, 0.25) is 0 Å². The van der Waals surface area contributed by atoms with Crippen LogP contribution in [-0.4, -0.2) is 28.3 Å². The highest BCUT2D eigenvalue weighted by Crippen LogP contribution is 2.27. The fourth-order valence-electron chi connectivity index (χ4n) is 2.05. The third-order valence-electron chi connectivity index (χ3n) is 3.25. The number of anilines is 1. The van der Waals surface area contributed by atoms with Gasteiger partial charge in [-0.2, -0.15) is 5.10 Å². The first-order chi connectivity index (χ1) is 7.59. The van der Waals surface area contributed by atoms with Crippen LogP contribution in [0.3, 0.4) is 0 Å². The normalized spacial score (nSPS) is 24.8. The quantitative estimate of drug-likeness (QED) is 0.782. The van der Waals surface area contributed by atoms with Crippen LogP contribution >= 0.6 is 12.2 Å². The number of hydrogen-bond acceptors (Lipinski definition) is 4. The minimum atomic E-state index is 0.386. The molecule has 1 aliphatic rings. The average Bonchev–Trinajstić information content (AvgIpc) is 2.59. The van der Waals surface area contributed by atoms with Gasteiger partial charge in [-0.3, -0.25) is 0 Å². The summed E-state index contributed by atoms with van der Waals surface area (Å²) in [4.78, 5) is 2.61. The van der Waals surface area contributed by atoms with E-state index in [-0.39, 0.29) is 0 Å². The summed E-state index contributed by atoms with van der Waals surface area (Å²) in [5, 5.41) is 8.07. The molecule has 1 saturated heterocycles. The topological polar surface area (TPSA) is 55.0 Å². The van der Waals surface area contributed by atoms with Crippen LogP contribution in [0.5, 0.6) is 0 Å². The Morgan fingerprint density at radius 2 is 2.06 bits per heavy atom. The maximum atomic E-state index is 5.69. The molecule has 16 heavy (non-hydrogen) atoms. The lowest BCUT2D eigenvalue weighted by Crippen LogP contribution is -2.25. The SMILES string of the molecule is CC1CN(c2nnccc2C(N)=S)CC1C. The summed E-state index contributed by atoms with van der Waals surface area (Å²) < 4.78 is 0. The molecule has 0 aliphatic carbocycles. The Balaban J connectivity index is 2.31. The molecule has 0 bridgehead atoms. The lowest BCUT2D eigenvalue weighted by atomic mass is 10.0. The maximum absolute atomic E-state index is 5.69. The van der Waals surface area contributed by atoms with Crippen LogP contribution < -0.4 is 10.6 Å². The van der Waals surface area contributed by atoms with Crippen molar-refractivity contribution in [3.05, 3.63) is 17.8 Å². The van der Waals surface area contributed by atoms with Crippen molar-refractivity contribution in [1.82, 2.24) is 10.2 Å². The summed E-state index contributed by atoms with van der Waals surface area (Å²) in [5.74, 6) is 2.16. The second kappa shape index (κ2) is 4.33. The van der Waals surface area contributed by atoms with Gasteiger partial charge in [0.05, 0.1) is 11.8 Å². The lowest BCUT2D eigenvalue weighted by Gasteiger charge is -2.18. The monoisotopic (exact) mass is 236 g/mol. The van der Waals surface area contributed by atoms with Crippen LogP contribution in [0.4, 0.5) is 5.82 Å². The van der Waals surface area contributed by atoms with Crippen molar-refractivity contribution >= 4 is 23.0 Å². The Morgan fingerprint density at radius 1 is 1.44 bits per heavy atom. The summed E-state index contributed by atoms with van der Waals surface area (Å²) in [6.45, 7) is 6.49. The lowest BCUT2D eigenvalue weighted by molar-refractivity contribution is 0.494. The molecule has 4 nitrogen and oxygen atoms in total. The Bertz CT molecular complexity index is 397. The summed E-state index contributed by atoms with van der Waals surface area (Å²) >= 11 is 5.03. The van der Waals surface area contributed by atoms with E-state index in [2.05, 4.69) is 28.9 Å². The van der Waals surface area contributed by atoms with E-state index in [1.807, 2.05) is 6.07 Å². The molecule has 0 radical (unpaired) electrons. The minimum absolute atomic E-state index is 0.386. The largest absolute Gasteiger partial charge is 0.389 e. The minimum Gasteiger partial charge on any atom is -0.389 e. The highest BCUT2D eigenvalue weighted by molar-refractivity contribution is 7.80. The van der Waals surface area contributed by atoms with E-state index in [0.29, 0.717) is 16.8 Å². The van der Waals surface area contributed by atoms with E-state index >= 15 is 0 Å². The van der Waals surface area contributed by atoms with Gasteiger partial charge in [-0.05, 0) is 17.9 Å². The van der Waals surface area contributed by atoms with Gasteiger partial charge in [0.15, 0.2) is 5.82 Å². The van der Waals surface area contributed by atoms with Gasteiger partial charge in [-0.25, -0.2) is 0 Å². The van der Waals surface area contributed by atoms with Crippen molar-refractivity contribution < 1.29 is 0 Å². The fourth-order valence-corrected chi connectivity index (χ4v) is 2.21. The first-order valence-electron chi connectivity index (χ1n) is 5.46. The predicted octanol–water partition coefficient (Wildman–Crippen LogP) is 1.20. The average molecular weight is 236 g/mol. The molecule has 2 heterocycles. The Labute approximate surface area is 101 Å². The second-order valence-electron chi connectivity index (χ2n) is 4.49. The Hall–Kier alpha value is -1.23. The molecule has 2 N–H and O–H groups in total. The molecular weight excluding hydrogens is 220 g/mol. The van der Waals surface area contributed by atoms with E-state index in [0.717, 1.165) is 24.5 Å². The molecule has 0 spiro atoms. The van der Waals surface area contributed by atoms with Gasteiger partial charge in [0.2, 0.25) is 0 Å². The number of rotatable bonds is 2. The van der Waals surface area contributed by atoms with E-state index in [9.17, 15) is 0 Å². The highest BCUT2D eigenvalue weighted by atomic mass is 32.1. The van der Waals surface area contributed by atoms with Crippen molar-refractivity contribution in [3.63, 3.8) is 0 Å².